The second kappa shape index (κ2) is 9.91. The molecule has 2 heterocycles. The highest BCUT2D eigenvalue weighted by Crippen LogP contribution is 2.40. The lowest BCUT2D eigenvalue weighted by molar-refractivity contribution is -0.203. The molecule has 0 aromatic rings. The van der Waals surface area contributed by atoms with Gasteiger partial charge in [0.05, 0.1) is 6.61 Å². The van der Waals surface area contributed by atoms with E-state index in [4.69, 9.17) is 14.2 Å². The SMILES string of the molecule is CCCCCCCCCCC[C@]1([C@@H]2COC(C)(C)O2)CCCC(=O)O1. The highest BCUT2D eigenvalue weighted by molar-refractivity contribution is 5.70. The predicted octanol–water partition coefficient (Wildman–Crippen LogP) is 5.52. The molecular formula is C21H38O4. The summed E-state index contributed by atoms with van der Waals surface area (Å²) in [4.78, 5) is 11.9. The monoisotopic (exact) mass is 354 g/mol. The molecule has 0 aromatic carbocycles. The molecule has 4 nitrogen and oxygen atoms in total. The van der Waals surface area contributed by atoms with Crippen LogP contribution in [0, 0.1) is 0 Å². The van der Waals surface area contributed by atoms with Gasteiger partial charge in [-0.25, -0.2) is 0 Å². The number of ether oxygens (including phenoxy) is 3. The molecule has 2 saturated heterocycles. The van der Waals surface area contributed by atoms with E-state index in [9.17, 15) is 4.79 Å². The van der Waals surface area contributed by atoms with E-state index in [1.165, 1.54) is 51.4 Å². The van der Waals surface area contributed by atoms with Gasteiger partial charge in [-0.2, -0.15) is 0 Å². The lowest BCUT2D eigenvalue weighted by Crippen LogP contribution is -2.50. The summed E-state index contributed by atoms with van der Waals surface area (Å²) in [5.41, 5.74) is -0.468. The van der Waals surface area contributed by atoms with E-state index in [-0.39, 0.29) is 12.1 Å². The quantitative estimate of drug-likeness (QED) is 0.362. The zero-order chi connectivity index (χ0) is 18.2. The highest BCUT2D eigenvalue weighted by atomic mass is 16.8. The number of unbranched alkanes of at least 4 members (excludes halogenated alkanes) is 8. The molecule has 0 N–H and O–H groups in total. The molecule has 25 heavy (non-hydrogen) atoms. The van der Waals surface area contributed by atoms with Gasteiger partial charge < -0.3 is 14.2 Å². The first kappa shape index (κ1) is 20.7. The molecule has 0 unspecified atom stereocenters. The average Bonchev–Trinajstić information content (AvgIpc) is 2.94. The molecule has 2 fully saturated rings. The van der Waals surface area contributed by atoms with Crippen LogP contribution in [-0.2, 0) is 19.0 Å². The Morgan fingerprint density at radius 2 is 1.64 bits per heavy atom. The molecule has 0 amide bonds. The average molecular weight is 355 g/mol. The maximum absolute atomic E-state index is 11.9. The van der Waals surface area contributed by atoms with Crippen molar-refractivity contribution >= 4 is 5.97 Å². The second-order valence-corrected chi connectivity index (χ2v) is 8.29. The van der Waals surface area contributed by atoms with Crippen molar-refractivity contribution < 1.29 is 19.0 Å². The fourth-order valence-corrected chi connectivity index (χ4v) is 4.11. The Morgan fingerprint density at radius 3 is 2.20 bits per heavy atom. The van der Waals surface area contributed by atoms with Crippen LogP contribution < -0.4 is 0 Å². The molecule has 0 radical (unpaired) electrons. The zero-order valence-corrected chi connectivity index (χ0v) is 16.6. The van der Waals surface area contributed by atoms with Crippen molar-refractivity contribution in [2.75, 3.05) is 6.61 Å². The van der Waals surface area contributed by atoms with Gasteiger partial charge >= 0.3 is 5.97 Å². The molecule has 2 rings (SSSR count). The molecule has 2 atom stereocenters. The van der Waals surface area contributed by atoms with Crippen LogP contribution in [0.2, 0.25) is 0 Å². The number of esters is 1. The van der Waals surface area contributed by atoms with Crippen molar-refractivity contribution in [1.29, 1.82) is 0 Å². The van der Waals surface area contributed by atoms with E-state index in [2.05, 4.69) is 6.92 Å². The number of carbonyl (C=O) groups is 1. The summed E-state index contributed by atoms with van der Waals surface area (Å²) in [7, 11) is 0. The Morgan fingerprint density at radius 1 is 1.00 bits per heavy atom. The van der Waals surface area contributed by atoms with Crippen LogP contribution >= 0.6 is 0 Å². The number of cyclic esters (lactones) is 1. The van der Waals surface area contributed by atoms with E-state index in [1.54, 1.807) is 0 Å². The van der Waals surface area contributed by atoms with Gasteiger partial charge in [0.15, 0.2) is 5.79 Å². The first-order valence-electron chi connectivity index (χ1n) is 10.5. The summed E-state index contributed by atoms with van der Waals surface area (Å²) in [5, 5.41) is 0. The van der Waals surface area contributed by atoms with Crippen LogP contribution in [-0.4, -0.2) is 30.1 Å². The van der Waals surface area contributed by atoms with Gasteiger partial charge in [0.1, 0.15) is 11.7 Å². The van der Waals surface area contributed by atoms with Crippen molar-refractivity contribution in [3.05, 3.63) is 0 Å². The van der Waals surface area contributed by atoms with Gasteiger partial charge in [0.2, 0.25) is 0 Å². The van der Waals surface area contributed by atoms with Gasteiger partial charge in [-0.05, 0) is 39.5 Å². The Labute approximate surface area is 154 Å². The number of hydrogen-bond acceptors (Lipinski definition) is 4. The molecule has 0 spiro atoms. The Hall–Kier alpha value is -0.610. The summed E-state index contributed by atoms with van der Waals surface area (Å²) in [6, 6.07) is 0. The standard InChI is InChI=1S/C21H38O4/c1-4-5-6-7-8-9-10-11-12-15-21(16-13-14-19(22)25-21)18-17-23-20(2,3)24-18/h18H,4-17H2,1-3H3/t18-,21+/m0/s1. The van der Waals surface area contributed by atoms with Crippen molar-refractivity contribution in [2.24, 2.45) is 0 Å². The van der Waals surface area contributed by atoms with Crippen LogP contribution in [0.3, 0.4) is 0 Å². The minimum Gasteiger partial charge on any atom is -0.456 e. The third kappa shape index (κ3) is 6.56. The van der Waals surface area contributed by atoms with E-state index in [0.717, 1.165) is 25.7 Å². The van der Waals surface area contributed by atoms with Gasteiger partial charge in [0, 0.05) is 6.42 Å². The molecule has 0 aromatic heterocycles. The van der Waals surface area contributed by atoms with Gasteiger partial charge in [-0.1, -0.05) is 58.3 Å². The largest absolute Gasteiger partial charge is 0.456 e. The van der Waals surface area contributed by atoms with Crippen LogP contribution in [0.15, 0.2) is 0 Å². The lowest BCUT2D eigenvalue weighted by Gasteiger charge is -2.40. The molecule has 146 valence electrons. The first-order valence-corrected chi connectivity index (χ1v) is 10.5. The predicted molar refractivity (Wildman–Crippen MR) is 99.4 cm³/mol. The lowest BCUT2D eigenvalue weighted by atomic mass is 9.83. The first-order chi connectivity index (χ1) is 12.0. The minimum atomic E-state index is -0.569. The minimum absolute atomic E-state index is 0.0736. The maximum atomic E-state index is 11.9. The zero-order valence-electron chi connectivity index (χ0n) is 16.6. The Kier molecular flexibility index (Phi) is 8.21. The Balaban J connectivity index is 1.73. The maximum Gasteiger partial charge on any atom is 0.306 e. The molecule has 2 aliphatic heterocycles. The molecule has 0 aliphatic carbocycles. The molecular weight excluding hydrogens is 316 g/mol. The van der Waals surface area contributed by atoms with E-state index >= 15 is 0 Å². The van der Waals surface area contributed by atoms with Crippen LogP contribution in [0.4, 0.5) is 0 Å². The Bertz CT molecular complexity index is 407. The number of hydrogen-bond donors (Lipinski definition) is 0. The number of rotatable bonds is 11. The highest BCUT2D eigenvalue weighted by Gasteiger charge is 2.50. The second-order valence-electron chi connectivity index (χ2n) is 8.29. The molecule has 0 bridgehead atoms. The smallest absolute Gasteiger partial charge is 0.306 e. The van der Waals surface area contributed by atoms with Crippen LogP contribution in [0.5, 0.6) is 0 Å². The summed E-state index contributed by atoms with van der Waals surface area (Å²) < 4.78 is 17.7. The third-order valence-corrected chi connectivity index (χ3v) is 5.60. The van der Waals surface area contributed by atoms with E-state index in [0.29, 0.717) is 13.0 Å². The molecule has 2 aliphatic rings. The van der Waals surface area contributed by atoms with Crippen molar-refractivity contribution in [1.82, 2.24) is 0 Å². The number of carbonyl (C=O) groups excluding carboxylic acids is 1. The molecule has 0 saturated carbocycles. The summed E-state index contributed by atoms with van der Waals surface area (Å²) in [6.45, 7) is 6.65. The fourth-order valence-electron chi connectivity index (χ4n) is 4.11. The van der Waals surface area contributed by atoms with Gasteiger partial charge in [-0.3, -0.25) is 4.79 Å². The van der Waals surface area contributed by atoms with E-state index < -0.39 is 11.4 Å². The van der Waals surface area contributed by atoms with Crippen molar-refractivity contribution in [3.63, 3.8) is 0 Å². The third-order valence-electron chi connectivity index (χ3n) is 5.60. The summed E-state index contributed by atoms with van der Waals surface area (Å²) >= 11 is 0. The van der Waals surface area contributed by atoms with Crippen molar-refractivity contribution in [2.45, 2.75) is 122 Å². The van der Waals surface area contributed by atoms with E-state index in [1.807, 2.05) is 13.8 Å². The van der Waals surface area contributed by atoms with Gasteiger partial charge in [0.25, 0.3) is 0 Å². The van der Waals surface area contributed by atoms with Gasteiger partial charge in [-0.15, -0.1) is 0 Å². The summed E-state index contributed by atoms with van der Waals surface area (Å²) in [5.74, 6) is -0.643. The van der Waals surface area contributed by atoms with Crippen LogP contribution in [0.25, 0.3) is 0 Å². The normalized spacial score (nSPS) is 28.9. The topological polar surface area (TPSA) is 44.8 Å². The summed E-state index contributed by atoms with van der Waals surface area (Å²) in [6.07, 6.45) is 14.8. The molecule has 4 heteroatoms. The van der Waals surface area contributed by atoms with Crippen molar-refractivity contribution in [3.8, 4) is 0 Å². The fraction of sp³-hybridized carbons (Fsp3) is 0.952. The van der Waals surface area contributed by atoms with Crippen LogP contribution in [0.1, 0.15) is 104 Å².